The van der Waals surface area contributed by atoms with Gasteiger partial charge >= 0.3 is 0 Å². The van der Waals surface area contributed by atoms with Crippen molar-refractivity contribution in [2.75, 3.05) is 7.05 Å². The van der Waals surface area contributed by atoms with Gasteiger partial charge in [0.15, 0.2) is 0 Å². The van der Waals surface area contributed by atoms with Gasteiger partial charge in [0.05, 0.1) is 6.04 Å². The van der Waals surface area contributed by atoms with Crippen molar-refractivity contribution < 1.29 is 0 Å². The lowest BCUT2D eigenvalue weighted by Crippen LogP contribution is -2.22. The SMILES string of the molecule is CNC(C1=CCCCCC1)c1nccn1C. The van der Waals surface area contributed by atoms with E-state index in [2.05, 4.69) is 28.0 Å². The van der Waals surface area contributed by atoms with Crippen molar-refractivity contribution in [1.82, 2.24) is 14.9 Å². The van der Waals surface area contributed by atoms with Gasteiger partial charge in [-0.2, -0.15) is 0 Å². The van der Waals surface area contributed by atoms with Crippen LogP contribution < -0.4 is 5.32 Å². The highest BCUT2D eigenvalue weighted by Crippen LogP contribution is 2.27. The van der Waals surface area contributed by atoms with Crippen molar-refractivity contribution in [2.24, 2.45) is 7.05 Å². The number of aryl methyl sites for hydroxylation is 1. The summed E-state index contributed by atoms with van der Waals surface area (Å²) in [7, 11) is 4.08. The third kappa shape index (κ3) is 2.35. The molecule has 1 aliphatic carbocycles. The molecule has 0 aromatic carbocycles. The van der Waals surface area contributed by atoms with Gasteiger partial charge in [-0.3, -0.25) is 0 Å². The normalized spacial score (nSPS) is 19.0. The zero-order valence-electron chi connectivity index (χ0n) is 10.2. The van der Waals surface area contributed by atoms with Crippen molar-refractivity contribution >= 4 is 0 Å². The molecule has 0 saturated heterocycles. The number of rotatable bonds is 3. The largest absolute Gasteiger partial charge is 0.336 e. The van der Waals surface area contributed by atoms with E-state index in [-0.39, 0.29) is 6.04 Å². The van der Waals surface area contributed by atoms with Gasteiger partial charge in [-0.05, 0) is 38.3 Å². The average molecular weight is 219 g/mol. The highest BCUT2D eigenvalue weighted by atomic mass is 15.1. The maximum atomic E-state index is 4.45. The Morgan fingerprint density at radius 2 is 2.25 bits per heavy atom. The van der Waals surface area contributed by atoms with E-state index in [1.807, 2.05) is 19.4 Å². The minimum atomic E-state index is 0.290. The highest BCUT2D eigenvalue weighted by molar-refractivity contribution is 5.19. The molecule has 1 heterocycles. The Hall–Kier alpha value is -1.09. The van der Waals surface area contributed by atoms with Crippen LogP contribution in [0.3, 0.4) is 0 Å². The van der Waals surface area contributed by atoms with E-state index < -0.39 is 0 Å². The molecule has 2 rings (SSSR count). The second-order valence-corrected chi connectivity index (χ2v) is 4.50. The van der Waals surface area contributed by atoms with Crippen LogP contribution in [0.15, 0.2) is 24.0 Å². The first-order valence-electron chi connectivity index (χ1n) is 6.16. The van der Waals surface area contributed by atoms with Gasteiger partial charge in [-0.25, -0.2) is 4.98 Å². The minimum absolute atomic E-state index is 0.290. The number of hydrogen-bond acceptors (Lipinski definition) is 2. The van der Waals surface area contributed by atoms with E-state index in [1.54, 1.807) is 0 Å². The maximum Gasteiger partial charge on any atom is 0.129 e. The number of nitrogens with one attached hydrogen (secondary N) is 1. The van der Waals surface area contributed by atoms with Crippen LogP contribution >= 0.6 is 0 Å². The van der Waals surface area contributed by atoms with Gasteiger partial charge in [0.25, 0.3) is 0 Å². The van der Waals surface area contributed by atoms with E-state index >= 15 is 0 Å². The van der Waals surface area contributed by atoms with Crippen LogP contribution in [0.5, 0.6) is 0 Å². The molecule has 16 heavy (non-hydrogen) atoms. The summed E-state index contributed by atoms with van der Waals surface area (Å²) in [6.07, 6.45) is 12.7. The van der Waals surface area contributed by atoms with Crippen LogP contribution in [0.2, 0.25) is 0 Å². The zero-order valence-corrected chi connectivity index (χ0v) is 10.2. The molecule has 0 amide bonds. The standard InChI is InChI=1S/C13H21N3/c1-14-12(13-15-9-10-16(13)2)11-7-5-3-4-6-8-11/h7,9-10,12,14H,3-6,8H2,1-2H3. The molecule has 1 atom stereocenters. The van der Waals surface area contributed by atoms with Crippen LogP contribution in [0.25, 0.3) is 0 Å². The fourth-order valence-corrected chi connectivity index (χ4v) is 2.44. The Morgan fingerprint density at radius 3 is 2.94 bits per heavy atom. The predicted octanol–water partition coefficient (Wildman–Crippen LogP) is 2.57. The fraction of sp³-hybridized carbons (Fsp3) is 0.615. The van der Waals surface area contributed by atoms with E-state index in [0.29, 0.717) is 0 Å². The number of likely N-dealkylation sites (N-methyl/N-ethyl adjacent to an activating group) is 1. The van der Waals surface area contributed by atoms with Gasteiger partial charge < -0.3 is 9.88 Å². The number of hydrogen-bond donors (Lipinski definition) is 1. The van der Waals surface area contributed by atoms with Crippen molar-refractivity contribution in [2.45, 2.75) is 38.1 Å². The molecule has 0 aliphatic heterocycles. The smallest absolute Gasteiger partial charge is 0.129 e. The molecule has 1 N–H and O–H groups in total. The Kier molecular flexibility index (Phi) is 3.78. The molecule has 1 aliphatic rings. The summed E-state index contributed by atoms with van der Waals surface area (Å²) < 4.78 is 2.10. The monoisotopic (exact) mass is 219 g/mol. The van der Waals surface area contributed by atoms with Gasteiger partial charge in [0.2, 0.25) is 0 Å². The Morgan fingerprint density at radius 1 is 1.38 bits per heavy atom. The first kappa shape index (κ1) is 11.4. The number of nitrogens with zero attached hydrogens (tertiary/aromatic N) is 2. The maximum absolute atomic E-state index is 4.45. The second-order valence-electron chi connectivity index (χ2n) is 4.50. The van der Waals surface area contributed by atoms with Crippen LogP contribution in [-0.4, -0.2) is 16.6 Å². The number of imidazole rings is 1. The van der Waals surface area contributed by atoms with Crippen molar-refractivity contribution in [3.8, 4) is 0 Å². The Balaban J connectivity index is 2.21. The molecular weight excluding hydrogens is 198 g/mol. The summed E-state index contributed by atoms with van der Waals surface area (Å²) in [5, 5.41) is 3.39. The topological polar surface area (TPSA) is 29.9 Å². The molecule has 0 fully saturated rings. The molecule has 0 bridgehead atoms. The summed E-state index contributed by atoms with van der Waals surface area (Å²) in [6, 6.07) is 0.290. The lowest BCUT2D eigenvalue weighted by atomic mass is 10.0. The highest BCUT2D eigenvalue weighted by Gasteiger charge is 2.19. The second kappa shape index (κ2) is 5.30. The van der Waals surface area contributed by atoms with Crippen molar-refractivity contribution in [3.05, 3.63) is 29.9 Å². The molecule has 1 unspecified atom stereocenters. The molecule has 3 heteroatoms. The molecule has 0 radical (unpaired) electrons. The van der Waals surface area contributed by atoms with Crippen LogP contribution in [-0.2, 0) is 7.05 Å². The molecule has 1 aromatic rings. The van der Waals surface area contributed by atoms with Crippen LogP contribution in [0.4, 0.5) is 0 Å². The van der Waals surface area contributed by atoms with Crippen molar-refractivity contribution in [3.63, 3.8) is 0 Å². The van der Waals surface area contributed by atoms with Gasteiger partial charge in [0.1, 0.15) is 5.82 Å². The average Bonchev–Trinajstić information content (AvgIpc) is 2.57. The summed E-state index contributed by atoms with van der Waals surface area (Å²) in [5.74, 6) is 1.12. The van der Waals surface area contributed by atoms with E-state index in [0.717, 1.165) is 5.82 Å². The third-order valence-electron chi connectivity index (χ3n) is 3.35. The number of aromatic nitrogens is 2. The number of allylic oxidation sites excluding steroid dienone is 1. The summed E-state index contributed by atoms with van der Waals surface area (Å²) in [4.78, 5) is 4.45. The van der Waals surface area contributed by atoms with Crippen LogP contribution in [0.1, 0.15) is 44.0 Å². The lowest BCUT2D eigenvalue weighted by molar-refractivity contribution is 0.579. The Labute approximate surface area is 97.6 Å². The molecule has 0 spiro atoms. The molecule has 3 nitrogen and oxygen atoms in total. The molecular formula is C13H21N3. The summed E-state index contributed by atoms with van der Waals surface area (Å²) in [6.45, 7) is 0. The Bertz CT molecular complexity index is 365. The molecule has 88 valence electrons. The molecule has 1 aromatic heterocycles. The quantitative estimate of drug-likeness (QED) is 0.792. The van der Waals surface area contributed by atoms with Crippen molar-refractivity contribution in [1.29, 1.82) is 0 Å². The minimum Gasteiger partial charge on any atom is -0.336 e. The predicted molar refractivity (Wildman–Crippen MR) is 66.2 cm³/mol. The fourth-order valence-electron chi connectivity index (χ4n) is 2.44. The van der Waals surface area contributed by atoms with E-state index in [4.69, 9.17) is 0 Å². The van der Waals surface area contributed by atoms with Crippen LogP contribution in [0, 0.1) is 0 Å². The summed E-state index contributed by atoms with van der Waals surface area (Å²) in [5.41, 5.74) is 1.51. The van der Waals surface area contributed by atoms with Gasteiger partial charge in [-0.1, -0.05) is 12.5 Å². The first-order valence-corrected chi connectivity index (χ1v) is 6.16. The third-order valence-corrected chi connectivity index (χ3v) is 3.35. The summed E-state index contributed by atoms with van der Waals surface area (Å²) >= 11 is 0. The lowest BCUT2D eigenvalue weighted by Gasteiger charge is -2.19. The van der Waals surface area contributed by atoms with Gasteiger partial charge in [-0.15, -0.1) is 0 Å². The zero-order chi connectivity index (χ0) is 11.4. The molecule has 0 saturated carbocycles. The van der Waals surface area contributed by atoms with Gasteiger partial charge in [0, 0.05) is 19.4 Å². The first-order chi connectivity index (χ1) is 7.83. The van der Waals surface area contributed by atoms with E-state index in [1.165, 1.54) is 37.7 Å². The van der Waals surface area contributed by atoms with E-state index in [9.17, 15) is 0 Å².